The van der Waals surface area contributed by atoms with E-state index in [1.807, 2.05) is 30.8 Å². The Morgan fingerprint density at radius 1 is 1.37 bits per heavy atom. The number of halogens is 1. The predicted octanol–water partition coefficient (Wildman–Crippen LogP) is 3.93. The Labute approximate surface area is 170 Å². The van der Waals surface area contributed by atoms with Crippen LogP contribution in [0.15, 0.2) is 34.8 Å². The number of ether oxygens (including phenoxy) is 1. The second-order valence-electron chi connectivity index (χ2n) is 5.74. The minimum absolute atomic E-state index is 0.128. The largest absolute Gasteiger partial charge is 0.486 e. The maximum absolute atomic E-state index is 12.3. The monoisotopic (exact) mass is 423 g/mol. The van der Waals surface area contributed by atoms with Gasteiger partial charge >= 0.3 is 0 Å². The van der Waals surface area contributed by atoms with E-state index in [4.69, 9.17) is 16.3 Å². The average Bonchev–Trinajstić information content (AvgIpc) is 3.20. The zero-order valence-corrected chi connectivity index (χ0v) is 17.4. The van der Waals surface area contributed by atoms with Crippen LogP contribution in [-0.4, -0.2) is 30.9 Å². The molecule has 1 atom stereocenters. The summed E-state index contributed by atoms with van der Waals surface area (Å²) in [6.07, 6.45) is 0. The quantitative estimate of drug-likeness (QED) is 0.580. The van der Waals surface area contributed by atoms with Gasteiger partial charge in [0.2, 0.25) is 5.91 Å². The lowest BCUT2D eigenvalue weighted by atomic mass is 10.3. The van der Waals surface area contributed by atoms with E-state index < -0.39 is 0 Å². The highest BCUT2D eigenvalue weighted by Crippen LogP contribution is 2.24. The van der Waals surface area contributed by atoms with Crippen LogP contribution in [0.3, 0.4) is 0 Å². The van der Waals surface area contributed by atoms with Crippen molar-refractivity contribution in [2.45, 2.75) is 30.9 Å². The van der Waals surface area contributed by atoms with E-state index >= 15 is 0 Å². The van der Waals surface area contributed by atoms with E-state index in [0.29, 0.717) is 26.9 Å². The molecule has 0 saturated heterocycles. The van der Waals surface area contributed by atoms with Gasteiger partial charge in [-0.05, 0) is 38.1 Å². The zero-order chi connectivity index (χ0) is 19.4. The molecule has 0 unspecified atom stereocenters. The van der Waals surface area contributed by atoms with Crippen molar-refractivity contribution in [3.05, 3.63) is 46.2 Å². The molecule has 0 fully saturated rings. The molecule has 2 aromatic heterocycles. The number of carbonyl (C=O) groups is 1. The molecule has 1 amide bonds. The number of rotatable bonds is 7. The highest BCUT2D eigenvalue weighted by Gasteiger charge is 2.20. The molecule has 27 heavy (non-hydrogen) atoms. The number of amides is 1. The molecule has 142 valence electrons. The number of aromatic nitrogens is 4. The lowest BCUT2D eigenvalue weighted by molar-refractivity contribution is -0.115. The number of thiazole rings is 1. The minimum Gasteiger partial charge on any atom is -0.486 e. The van der Waals surface area contributed by atoms with Crippen LogP contribution in [0, 0.1) is 6.92 Å². The molecule has 3 aromatic rings. The Morgan fingerprint density at radius 3 is 2.78 bits per heavy atom. The molecule has 7 nitrogen and oxygen atoms in total. The van der Waals surface area contributed by atoms with Gasteiger partial charge in [-0.3, -0.25) is 4.79 Å². The summed E-state index contributed by atoms with van der Waals surface area (Å²) < 4.78 is 7.51. The van der Waals surface area contributed by atoms with Crippen LogP contribution in [0.25, 0.3) is 0 Å². The summed E-state index contributed by atoms with van der Waals surface area (Å²) in [5, 5.41) is 14.6. The van der Waals surface area contributed by atoms with Gasteiger partial charge in [0.1, 0.15) is 12.4 Å². The number of nitrogens with zero attached hydrogens (tertiary/aromatic N) is 4. The average molecular weight is 424 g/mol. The summed E-state index contributed by atoms with van der Waals surface area (Å²) in [5.41, 5.74) is 0.884. The number of anilines is 1. The van der Waals surface area contributed by atoms with Gasteiger partial charge in [-0.1, -0.05) is 23.4 Å². The third-order valence-electron chi connectivity index (χ3n) is 3.61. The molecule has 0 aliphatic heterocycles. The number of aryl methyl sites for hydroxylation is 1. The Balaban J connectivity index is 1.57. The summed E-state index contributed by atoms with van der Waals surface area (Å²) in [7, 11) is 1.84. The number of nitrogens with one attached hydrogen (secondary N) is 1. The van der Waals surface area contributed by atoms with Crippen molar-refractivity contribution in [2.75, 3.05) is 5.32 Å². The molecule has 2 heterocycles. The molecule has 3 rings (SSSR count). The van der Waals surface area contributed by atoms with Crippen LogP contribution in [0.1, 0.15) is 18.4 Å². The second kappa shape index (κ2) is 8.73. The fraction of sp³-hybridized carbons (Fsp3) is 0.294. The van der Waals surface area contributed by atoms with E-state index in [1.54, 1.807) is 24.3 Å². The minimum atomic E-state index is -0.345. The van der Waals surface area contributed by atoms with Crippen LogP contribution in [0.5, 0.6) is 5.75 Å². The van der Waals surface area contributed by atoms with Gasteiger partial charge in [0, 0.05) is 17.5 Å². The number of hydrogen-bond donors (Lipinski definition) is 1. The molecule has 0 spiro atoms. The third-order valence-corrected chi connectivity index (χ3v) is 5.87. The maximum Gasteiger partial charge on any atom is 0.239 e. The summed E-state index contributed by atoms with van der Waals surface area (Å²) in [5.74, 6) is 1.23. The lowest BCUT2D eigenvalue weighted by Crippen LogP contribution is -2.22. The number of thioether (sulfide) groups is 1. The van der Waals surface area contributed by atoms with E-state index in [1.165, 1.54) is 23.1 Å². The van der Waals surface area contributed by atoms with E-state index in [2.05, 4.69) is 20.5 Å². The first-order valence-electron chi connectivity index (χ1n) is 8.08. The fourth-order valence-electron chi connectivity index (χ4n) is 2.08. The molecule has 1 aromatic carbocycles. The van der Waals surface area contributed by atoms with Gasteiger partial charge in [-0.2, -0.15) is 0 Å². The van der Waals surface area contributed by atoms with Crippen molar-refractivity contribution in [2.24, 2.45) is 7.05 Å². The lowest BCUT2D eigenvalue weighted by Gasteiger charge is -2.10. The van der Waals surface area contributed by atoms with Gasteiger partial charge < -0.3 is 14.6 Å². The molecular weight excluding hydrogens is 406 g/mol. The topological polar surface area (TPSA) is 81.9 Å². The summed E-state index contributed by atoms with van der Waals surface area (Å²) in [4.78, 5) is 16.6. The Hall–Kier alpha value is -2.10. The third kappa shape index (κ3) is 5.21. The Morgan fingerprint density at radius 2 is 2.11 bits per heavy atom. The number of carbonyl (C=O) groups excluding carboxylic acids is 1. The molecule has 0 saturated carbocycles. The van der Waals surface area contributed by atoms with Crippen molar-refractivity contribution in [1.29, 1.82) is 0 Å². The summed E-state index contributed by atoms with van der Waals surface area (Å²) >= 11 is 8.60. The molecule has 10 heteroatoms. The summed E-state index contributed by atoms with van der Waals surface area (Å²) in [6, 6.07) is 7.11. The van der Waals surface area contributed by atoms with Crippen molar-refractivity contribution in [3.63, 3.8) is 0 Å². The van der Waals surface area contributed by atoms with E-state index in [-0.39, 0.29) is 17.8 Å². The van der Waals surface area contributed by atoms with Crippen LogP contribution < -0.4 is 10.1 Å². The first-order valence-corrected chi connectivity index (χ1v) is 10.2. The first kappa shape index (κ1) is 19.7. The van der Waals surface area contributed by atoms with Gasteiger partial charge in [-0.25, -0.2) is 4.98 Å². The summed E-state index contributed by atoms with van der Waals surface area (Å²) in [6.45, 7) is 3.97. The predicted molar refractivity (Wildman–Crippen MR) is 108 cm³/mol. The van der Waals surface area contributed by atoms with E-state index in [0.717, 1.165) is 5.69 Å². The van der Waals surface area contributed by atoms with Crippen molar-refractivity contribution < 1.29 is 9.53 Å². The molecule has 0 aliphatic carbocycles. The van der Waals surface area contributed by atoms with Crippen LogP contribution in [0.4, 0.5) is 5.13 Å². The molecule has 0 radical (unpaired) electrons. The van der Waals surface area contributed by atoms with Gasteiger partial charge in [0.15, 0.2) is 16.1 Å². The molecule has 1 N–H and O–H groups in total. The van der Waals surface area contributed by atoms with Crippen molar-refractivity contribution in [1.82, 2.24) is 19.7 Å². The molecule has 0 bridgehead atoms. The van der Waals surface area contributed by atoms with Crippen LogP contribution in [-0.2, 0) is 18.4 Å². The number of hydrogen-bond acceptors (Lipinski definition) is 7. The second-order valence-corrected chi connectivity index (χ2v) is 8.35. The molecular formula is C17H18ClN5O2S2. The van der Waals surface area contributed by atoms with Crippen LogP contribution in [0.2, 0.25) is 5.02 Å². The standard InChI is InChI=1S/C17H18ClN5O2S2/c1-10-9-26-16(19-10)20-15(24)11(2)27-17-22-21-14(23(17)3)8-25-13-6-4-12(18)5-7-13/h4-7,9,11H,8H2,1-3H3,(H,19,20,24)/t11-/m1/s1. The smallest absolute Gasteiger partial charge is 0.239 e. The maximum atomic E-state index is 12.3. The SMILES string of the molecule is Cc1csc(NC(=O)[C@@H](C)Sc2nnc(COc3ccc(Cl)cc3)n2C)n1. The van der Waals surface area contributed by atoms with E-state index in [9.17, 15) is 4.79 Å². The first-order chi connectivity index (χ1) is 12.9. The highest BCUT2D eigenvalue weighted by atomic mass is 35.5. The van der Waals surface area contributed by atoms with Gasteiger partial charge in [0.05, 0.1) is 10.9 Å². The Kier molecular flexibility index (Phi) is 6.35. The number of benzene rings is 1. The zero-order valence-electron chi connectivity index (χ0n) is 15.0. The van der Waals surface area contributed by atoms with Crippen molar-refractivity contribution >= 4 is 45.7 Å². The highest BCUT2D eigenvalue weighted by molar-refractivity contribution is 8.00. The molecule has 0 aliphatic rings. The van der Waals surface area contributed by atoms with Gasteiger partial charge in [-0.15, -0.1) is 21.5 Å². The van der Waals surface area contributed by atoms with Crippen LogP contribution >= 0.6 is 34.7 Å². The Bertz CT molecular complexity index is 926. The normalized spacial score (nSPS) is 12.0. The van der Waals surface area contributed by atoms with Gasteiger partial charge in [0.25, 0.3) is 0 Å². The van der Waals surface area contributed by atoms with Crippen molar-refractivity contribution in [3.8, 4) is 5.75 Å². The fourth-order valence-corrected chi connectivity index (χ4v) is 3.73.